The van der Waals surface area contributed by atoms with Gasteiger partial charge in [-0.3, -0.25) is 14.4 Å². The molecule has 2 aromatic carbocycles. The number of esters is 1. The Morgan fingerprint density at radius 2 is 1.69 bits per heavy atom. The summed E-state index contributed by atoms with van der Waals surface area (Å²) in [5.41, 5.74) is 13.5. The summed E-state index contributed by atoms with van der Waals surface area (Å²) in [6.07, 6.45) is 1.62. The number of ether oxygens (including phenoxy) is 4. The number of sulfonamides is 1. The number of unbranched alkanes of at least 4 members (excludes halogenated alkanes) is 1. The molecule has 1 unspecified atom stereocenters. The number of aldehydes is 1. The predicted molar refractivity (Wildman–Crippen MR) is 256 cm³/mol. The fraction of sp³-hybridized carbons (Fsp3) is 0.468. The Morgan fingerprint density at radius 3 is 2.28 bits per heavy atom. The van der Waals surface area contributed by atoms with Crippen molar-refractivity contribution in [3.63, 3.8) is 0 Å². The van der Waals surface area contributed by atoms with Gasteiger partial charge in [-0.15, -0.1) is 0 Å². The first-order valence-corrected chi connectivity index (χ1v) is 24.1. The van der Waals surface area contributed by atoms with Gasteiger partial charge in [0, 0.05) is 34.8 Å². The van der Waals surface area contributed by atoms with Crippen LogP contribution in [0.5, 0.6) is 0 Å². The van der Waals surface area contributed by atoms with Crippen LogP contribution in [-0.2, 0) is 74.3 Å². The summed E-state index contributed by atoms with van der Waals surface area (Å²) in [7, 11) is -2.00. The second-order valence-corrected chi connectivity index (χ2v) is 16.4. The number of benzene rings is 2. The Labute approximate surface area is 392 Å². The molecule has 20 heteroatoms. The lowest BCUT2D eigenvalue weighted by Gasteiger charge is -2.24. The first kappa shape index (κ1) is 57.1. The Balaban J connectivity index is 0.00000128. The van der Waals surface area contributed by atoms with E-state index in [2.05, 4.69) is 23.3 Å². The van der Waals surface area contributed by atoms with Crippen molar-refractivity contribution in [2.75, 3.05) is 51.5 Å². The molecule has 2 amide bonds. The van der Waals surface area contributed by atoms with E-state index in [0.717, 1.165) is 23.1 Å². The number of aromatic nitrogens is 2. The number of hydrogen-bond acceptors (Lipinski definition) is 15. The molecule has 0 spiro atoms. The smallest absolute Gasteiger partial charge is 0.458 e. The molecule has 6 rings (SSSR count). The molecular formula is C47H67N7O12S. The van der Waals surface area contributed by atoms with Crippen LogP contribution in [0.2, 0.25) is 0 Å². The molecule has 2 aromatic heterocycles. The van der Waals surface area contributed by atoms with Gasteiger partial charge < -0.3 is 50.4 Å². The topological polar surface area (TPSA) is 271 Å². The van der Waals surface area contributed by atoms with Crippen LogP contribution in [0.15, 0.2) is 59.4 Å². The van der Waals surface area contributed by atoms with Crippen molar-refractivity contribution in [2.24, 2.45) is 11.5 Å². The van der Waals surface area contributed by atoms with Crippen LogP contribution in [-0.4, -0.2) is 105 Å². The van der Waals surface area contributed by atoms with Gasteiger partial charge in [0.15, 0.2) is 0 Å². The van der Waals surface area contributed by atoms with E-state index in [9.17, 15) is 37.2 Å². The Morgan fingerprint density at radius 1 is 1.01 bits per heavy atom. The first-order valence-electron chi connectivity index (χ1n) is 22.3. The van der Waals surface area contributed by atoms with E-state index in [1.165, 1.54) is 35.0 Å². The van der Waals surface area contributed by atoms with Gasteiger partial charge in [-0.1, -0.05) is 71.4 Å². The van der Waals surface area contributed by atoms with E-state index in [4.69, 9.17) is 29.7 Å². The lowest BCUT2D eigenvalue weighted by atomic mass is 9.97. The highest BCUT2D eigenvalue weighted by atomic mass is 32.2. The molecule has 1 atom stereocenters. The average molecular weight is 954 g/mol. The normalized spacial score (nSPS) is 13.0. The summed E-state index contributed by atoms with van der Waals surface area (Å²) in [5.74, 6) is -1.96. The number of anilines is 1. The highest BCUT2D eigenvalue weighted by molar-refractivity contribution is 7.88. The van der Waals surface area contributed by atoms with Crippen molar-refractivity contribution >= 4 is 56.8 Å². The molecule has 67 heavy (non-hydrogen) atoms. The minimum Gasteiger partial charge on any atom is -0.458 e. The van der Waals surface area contributed by atoms with Gasteiger partial charge in [0.25, 0.3) is 5.56 Å². The molecule has 2 aliphatic heterocycles. The van der Waals surface area contributed by atoms with E-state index in [1.54, 1.807) is 44.2 Å². The molecule has 19 nitrogen and oxygen atoms in total. The minimum absolute atomic E-state index is 0.136. The third-order valence-corrected chi connectivity index (χ3v) is 11.2. The average Bonchev–Trinajstić information content (AvgIpc) is 3.69. The third-order valence-electron chi connectivity index (χ3n) is 9.78. The molecule has 0 fully saturated rings. The number of hydrogen-bond donors (Lipinski definition) is 4. The van der Waals surface area contributed by atoms with Crippen LogP contribution >= 0.6 is 0 Å². The zero-order chi connectivity index (χ0) is 50.3. The molecule has 0 saturated heterocycles. The summed E-state index contributed by atoms with van der Waals surface area (Å²) in [5, 5.41) is 5.78. The lowest BCUT2D eigenvalue weighted by molar-refractivity contribution is -0.159. The number of pyridine rings is 2. The van der Waals surface area contributed by atoms with Crippen molar-refractivity contribution in [1.29, 1.82) is 0 Å². The Bertz CT molecular complexity index is 2440. The van der Waals surface area contributed by atoms with Gasteiger partial charge in [0.05, 0.1) is 41.8 Å². The number of carbonyl (C=O) groups excluding carboxylic acids is 5. The lowest BCUT2D eigenvalue weighted by Crippen LogP contribution is -2.37. The van der Waals surface area contributed by atoms with Gasteiger partial charge in [-0.25, -0.2) is 23.0 Å². The summed E-state index contributed by atoms with van der Waals surface area (Å²) in [6.45, 7) is 13.4. The molecule has 368 valence electrons. The monoisotopic (exact) mass is 953 g/mol. The highest BCUT2D eigenvalue weighted by Gasteiger charge is 2.38. The largest absolute Gasteiger partial charge is 0.509 e. The fourth-order valence-corrected chi connectivity index (χ4v) is 8.06. The van der Waals surface area contributed by atoms with Crippen LogP contribution in [0, 0.1) is 0 Å². The predicted octanol–water partition coefficient (Wildman–Crippen LogP) is 4.73. The Hall–Kier alpha value is -6.06. The molecule has 2 aliphatic rings. The number of nitrogens with one attached hydrogen (secondary N) is 2. The maximum Gasteiger partial charge on any atom is 0.509 e. The van der Waals surface area contributed by atoms with Crippen LogP contribution in [0.1, 0.15) is 95.2 Å². The van der Waals surface area contributed by atoms with E-state index in [0.29, 0.717) is 40.9 Å². The van der Waals surface area contributed by atoms with Crippen molar-refractivity contribution in [3.8, 4) is 11.4 Å². The van der Waals surface area contributed by atoms with Crippen LogP contribution < -0.4 is 27.7 Å². The van der Waals surface area contributed by atoms with E-state index in [1.807, 2.05) is 52.0 Å². The van der Waals surface area contributed by atoms with Gasteiger partial charge in [0.1, 0.15) is 32.7 Å². The standard InChI is InChI=1S/C38H39N5O12S.C4H11N.2C2H6.CH5N/c1-22(2)43(56(3,50)51)13-12-25-26-6-4-5-7-30(26)41-34-28(25)18-42-31(34)16-27-29(36(42)47)20-53-37(48)35(27)55-38(49)54-19-23-8-10-24(11-9-23)40-32(45)17-39-33(46)21-52-15-14-44;1-2-3-4-5;3*1-2/h4-11,14,16,22,35H,12-13,15,17-21H2,1-3H3,(H,39,46)(H,40,45);2-5H2,1H3;2*1-2H3;2H2,1H3. The van der Waals surface area contributed by atoms with Crippen LogP contribution in [0.4, 0.5) is 10.5 Å². The van der Waals surface area contributed by atoms with Crippen LogP contribution in [0.25, 0.3) is 22.3 Å². The fourth-order valence-electron chi connectivity index (χ4n) is 6.87. The summed E-state index contributed by atoms with van der Waals surface area (Å²) >= 11 is 0. The SMILES string of the molecule is CC.CC.CC(C)N(CCc1c2c(nc3ccccc13)-c1cc3c(c(=O)n1C2)COC(=O)C3OC(=O)OCc1ccc(NC(=O)CNC(=O)COCC=O)cc1)S(C)(=O)=O.CCCCN.CN. The maximum absolute atomic E-state index is 13.9. The number of nitrogens with two attached hydrogens (primary N) is 2. The number of para-hydroxylation sites is 1. The second-order valence-electron chi connectivity index (χ2n) is 14.5. The molecule has 4 heterocycles. The van der Waals surface area contributed by atoms with Crippen molar-refractivity contribution in [2.45, 2.75) is 99.6 Å². The van der Waals surface area contributed by atoms with Crippen LogP contribution in [0.3, 0.4) is 0 Å². The molecule has 4 aromatic rings. The number of rotatable bonds is 17. The summed E-state index contributed by atoms with van der Waals surface area (Å²) in [4.78, 5) is 78.8. The Kier molecular flexibility index (Phi) is 24.6. The first-order chi connectivity index (χ1) is 32.2. The molecule has 6 N–H and O–H groups in total. The summed E-state index contributed by atoms with van der Waals surface area (Å²) < 4.78 is 48.8. The van der Waals surface area contributed by atoms with Crippen molar-refractivity contribution < 1.29 is 51.3 Å². The van der Waals surface area contributed by atoms with Crippen molar-refractivity contribution in [3.05, 3.63) is 92.8 Å². The van der Waals surface area contributed by atoms with Gasteiger partial charge >= 0.3 is 12.1 Å². The van der Waals surface area contributed by atoms with E-state index < -0.39 is 45.6 Å². The number of amides is 2. The van der Waals surface area contributed by atoms with Gasteiger partial charge in [-0.2, -0.15) is 4.31 Å². The zero-order valence-electron chi connectivity index (χ0n) is 40.0. The number of nitrogens with zero attached hydrogens (tertiary/aromatic N) is 3. The van der Waals surface area contributed by atoms with E-state index >= 15 is 0 Å². The minimum atomic E-state index is -3.50. The highest BCUT2D eigenvalue weighted by Crippen LogP contribution is 2.39. The van der Waals surface area contributed by atoms with Gasteiger partial charge in [0.2, 0.25) is 27.9 Å². The quantitative estimate of drug-likeness (QED) is 0.0557. The number of fused-ring (bicyclic) bond motifs is 5. The molecule has 0 bridgehead atoms. The van der Waals surface area contributed by atoms with Gasteiger partial charge in [-0.05, 0) is 75.7 Å². The maximum atomic E-state index is 13.9. The number of cyclic esters (lactones) is 1. The molecule has 0 saturated carbocycles. The molecular weight excluding hydrogens is 887 g/mol. The summed E-state index contributed by atoms with van der Waals surface area (Å²) in [6, 6.07) is 15.0. The second kappa shape index (κ2) is 28.9. The molecule has 0 radical (unpaired) electrons. The zero-order valence-corrected chi connectivity index (χ0v) is 40.8. The third kappa shape index (κ3) is 16.1. The number of carbonyl (C=O) groups is 5. The van der Waals surface area contributed by atoms with E-state index in [-0.39, 0.29) is 63.2 Å². The van der Waals surface area contributed by atoms with Crippen molar-refractivity contribution in [1.82, 2.24) is 19.2 Å². The molecule has 0 aliphatic carbocycles.